The summed E-state index contributed by atoms with van der Waals surface area (Å²) in [7, 11) is 1.74. The lowest BCUT2D eigenvalue weighted by Gasteiger charge is -2.16. The Morgan fingerprint density at radius 2 is 1.65 bits per heavy atom. The van der Waals surface area contributed by atoms with Crippen molar-refractivity contribution in [2.45, 2.75) is 6.04 Å². The predicted molar refractivity (Wildman–Crippen MR) is 83.3 cm³/mol. The number of halogens is 2. The summed E-state index contributed by atoms with van der Waals surface area (Å²) in [5.74, 6) is -0.169. The van der Waals surface area contributed by atoms with Gasteiger partial charge in [0.25, 0.3) is 0 Å². The number of anilines is 1. The molecule has 1 amide bonds. The van der Waals surface area contributed by atoms with Gasteiger partial charge in [-0.1, -0.05) is 53.5 Å². The Balaban J connectivity index is 2.18. The minimum Gasteiger partial charge on any atom is -0.324 e. The van der Waals surface area contributed by atoms with Crippen LogP contribution in [0.1, 0.15) is 11.6 Å². The lowest BCUT2D eigenvalue weighted by Crippen LogP contribution is -2.30. The zero-order chi connectivity index (χ0) is 14.5. The fraction of sp³-hybridized carbons (Fsp3) is 0.133. The standard InChI is InChI=1S/C15H14Cl2N2O/c1-18-14(10-5-3-2-4-6-10)15(20)19-13-8-11(16)7-12(17)9-13/h2-9,14,18H,1H3,(H,19,20)/t14-/m1/s1. The Hall–Kier alpha value is -1.55. The third-order valence-electron chi connectivity index (χ3n) is 2.81. The van der Waals surface area contributed by atoms with E-state index in [2.05, 4.69) is 10.6 Å². The molecule has 2 N–H and O–H groups in total. The first-order chi connectivity index (χ1) is 9.60. The third kappa shape index (κ3) is 3.73. The van der Waals surface area contributed by atoms with Gasteiger partial charge in [0.05, 0.1) is 0 Å². The van der Waals surface area contributed by atoms with E-state index in [-0.39, 0.29) is 5.91 Å². The molecule has 0 saturated carbocycles. The lowest BCUT2D eigenvalue weighted by molar-refractivity contribution is -0.118. The summed E-state index contributed by atoms with van der Waals surface area (Å²) in [4.78, 5) is 12.3. The second-order valence-corrected chi connectivity index (χ2v) is 5.15. The second-order valence-electron chi connectivity index (χ2n) is 4.28. The van der Waals surface area contributed by atoms with Crippen LogP contribution in [-0.2, 0) is 4.79 Å². The molecule has 0 saturated heterocycles. The number of carbonyl (C=O) groups is 1. The average molecular weight is 309 g/mol. The van der Waals surface area contributed by atoms with E-state index in [1.807, 2.05) is 30.3 Å². The number of likely N-dealkylation sites (N-methyl/N-ethyl adjacent to an activating group) is 1. The van der Waals surface area contributed by atoms with Crippen LogP contribution in [0.5, 0.6) is 0 Å². The van der Waals surface area contributed by atoms with Gasteiger partial charge in [-0.2, -0.15) is 0 Å². The van der Waals surface area contributed by atoms with Gasteiger partial charge >= 0.3 is 0 Å². The molecule has 3 nitrogen and oxygen atoms in total. The molecule has 2 rings (SSSR count). The highest BCUT2D eigenvalue weighted by Crippen LogP contribution is 2.23. The van der Waals surface area contributed by atoms with Gasteiger partial charge in [-0.05, 0) is 30.8 Å². The molecule has 0 aliphatic heterocycles. The van der Waals surface area contributed by atoms with Gasteiger partial charge < -0.3 is 10.6 Å². The maximum atomic E-state index is 12.3. The number of hydrogen-bond donors (Lipinski definition) is 2. The Morgan fingerprint density at radius 3 is 2.20 bits per heavy atom. The monoisotopic (exact) mass is 308 g/mol. The molecule has 0 bridgehead atoms. The van der Waals surface area contributed by atoms with E-state index in [1.165, 1.54) is 0 Å². The normalized spacial score (nSPS) is 11.9. The van der Waals surface area contributed by atoms with Crippen LogP contribution in [0.3, 0.4) is 0 Å². The van der Waals surface area contributed by atoms with Gasteiger partial charge in [-0.3, -0.25) is 4.79 Å². The van der Waals surface area contributed by atoms with E-state index in [4.69, 9.17) is 23.2 Å². The number of benzene rings is 2. The van der Waals surface area contributed by atoms with Crippen LogP contribution >= 0.6 is 23.2 Å². The highest BCUT2D eigenvalue weighted by atomic mass is 35.5. The smallest absolute Gasteiger partial charge is 0.246 e. The molecule has 0 radical (unpaired) electrons. The van der Waals surface area contributed by atoms with E-state index in [0.717, 1.165) is 5.56 Å². The first-order valence-electron chi connectivity index (χ1n) is 6.09. The molecular formula is C15H14Cl2N2O. The van der Waals surface area contributed by atoms with Crippen molar-refractivity contribution in [3.05, 3.63) is 64.1 Å². The quantitative estimate of drug-likeness (QED) is 0.899. The minimum absolute atomic E-state index is 0.169. The molecule has 1 atom stereocenters. The van der Waals surface area contributed by atoms with Gasteiger partial charge in [0, 0.05) is 15.7 Å². The molecule has 20 heavy (non-hydrogen) atoms. The van der Waals surface area contributed by atoms with Crippen LogP contribution < -0.4 is 10.6 Å². The molecule has 0 heterocycles. The molecule has 0 aromatic heterocycles. The van der Waals surface area contributed by atoms with Crippen molar-refractivity contribution in [3.8, 4) is 0 Å². The van der Waals surface area contributed by atoms with Crippen LogP contribution in [-0.4, -0.2) is 13.0 Å². The summed E-state index contributed by atoms with van der Waals surface area (Å²) in [6.45, 7) is 0. The molecule has 0 aliphatic carbocycles. The average Bonchev–Trinajstić information content (AvgIpc) is 2.39. The predicted octanol–water partition coefficient (Wildman–Crippen LogP) is 3.89. The van der Waals surface area contributed by atoms with Crippen molar-refractivity contribution in [1.29, 1.82) is 0 Å². The second kappa shape index (κ2) is 6.75. The fourth-order valence-corrected chi connectivity index (χ4v) is 2.46. The van der Waals surface area contributed by atoms with Crippen molar-refractivity contribution >= 4 is 34.8 Å². The van der Waals surface area contributed by atoms with Crippen LogP contribution in [0, 0.1) is 0 Å². The maximum Gasteiger partial charge on any atom is 0.246 e. The largest absolute Gasteiger partial charge is 0.324 e. The topological polar surface area (TPSA) is 41.1 Å². The summed E-state index contributed by atoms with van der Waals surface area (Å²) in [6.07, 6.45) is 0. The highest BCUT2D eigenvalue weighted by Gasteiger charge is 2.18. The van der Waals surface area contributed by atoms with Crippen LogP contribution in [0.15, 0.2) is 48.5 Å². The zero-order valence-electron chi connectivity index (χ0n) is 10.9. The molecular weight excluding hydrogens is 295 g/mol. The van der Waals surface area contributed by atoms with Crippen molar-refractivity contribution in [2.75, 3.05) is 12.4 Å². The fourth-order valence-electron chi connectivity index (χ4n) is 1.94. The highest BCUT2D eigenvalue weighted by molar-refractivity contribution is 6.35. The molecule has 0 unspecified atom stereocenters. The first kappa shape index (κ1) is 14.9. The molecule has 0 spiro atoms. The number of amides is 1. The number of hydrogen-bond acceptors (Lipinski definition) is 2. The van der Waals surface area contributed by atoms with Gasteiger partial charge in [-0.15, -0.1) is 0 Å². The third-order valence-corrected chi connectivity index (χ3v) is 3.25. The molecule has 0 fully saturated rings. The van der Waals surface area contributed by atoms with Gasteiger partial charge in [0.2, 0.25) is 5.91 Å². The number of rotatable bonds is 4. The van der Waals surface area contributed by atoms with E-state index in [9.17, 15) is 4.79 Å². The molecule has 2 aromatic rings. The summed E-state index contributed by atoms with van der Waals surface area (Å²) in [6, 6.07) is 14.0. The summed E-state index contributed by atoms with van der Waals surface area (Å²) in [5.41, 5.74) is 1.46. The zero-order valence-corrected chi connectivity index (χ0v) is 12.4. The van der Waals surface area contributed by atoms with Gasteiger partial charge in [0.15, 0.2) is 0 Å². The van der Waals surface area contributed by atoms with Crippen LogP contribution in [0.4, 0.5) is 5.69 Å². The Morgan fingerprint density at radius 1 is 1.05 bits per heavy atom. The van der Waals surface area contributed by atoms with E-state index in [1.54, 1.807) is 25.2 Å². The van der Waals surface area contributed by atoms with E-state index in [0.29, 0.717) is 15.7 Å². The molecule has 104 valence electrons. The van der Waals surface area contributed by atoms with Crippen molar-refractivity contribution in [1.82, 2.24) is 5.32 Å². The Bertz CT molecular complexity index is 582. The summed E-state index contributed by atoms with van der Waals surface area (Å²) in [5, 5.41) is 6.75. The summed E-state index contributed by atoms with van der Waals surface area (Å²) < 4.78 is 0. The van der Waals surface area contributed by atoms with Crippen molar-refractivity contribution in [3.63, 3.8) is 0 Å². The molecule has 0 aliphatic rings. The van der Waals surface area contributed by atoms with Crippen molar-refractivity contribution in [2.24, 2.45) is 0 Å². The van der Waals surface area contributed by atoms with Crippen LogP contribution in [0.25, 0.3) is 0 Å². The van der Waals surface area contributed by atoms with Crippen molar-refractivity contribution < 1.29 is 4.79 Å². The maximum absolute atomic E-state index is 12.3. The summed E-state index contributed by atoms with van der Waals surface area (Å²) >= 11 is 11.8. The lowest BCUT2D eigenvalue weighted by atomic mass is 10.1. The van der Waals surface area contributed by atoms with Crippen LogP contribution in [0.2, 0.25) is 10.0 Å². The number of nitrogens with one attached hydrogen (secondary N) is 2. The van der Waals surface area contributed by atoms with Gasteiger partial charge in [0.1, 0.15) is 6.04 Å². The minimum atomic E-state index is -0.436. The van der Waals surface area contributed by atoms with E-state index >= 15 is 0 Å². The molecule has 5 heteroatoms. The van der Waals surface area contributed by atoms with E-state index < -0.39 is 6.04 Å². The first-order valence-corrected chi connectivity index (χ1v) is 6.85. The molecule has 2 aromatic carbocycles. The SMILES string of the molecule is CN[C@@H](C(=O)Nc1cc(Cl)cc(Cl)c1)c1ccccc1. The van der Waals surface area contributed by atoms with Gasteiger partial charge in [-0.25, -0.2) is 0 Å². The Labute approximate surface area is 127 Å². The Kier molecular flexibility index (Phi) is 5.01. The number of carbonyl (C=O) groups excluding carboxylic acids is 1.